The molecule has 118 valence electrons. The highest BCUT2D eigenvalue weighted by Crippen LogP contribution is 2.19. The molecule has 1 heterocycles. The van der Waals surface area contributed by atoms with E-state index in [-0.39, 0.29) is 4.75 Å². The topological polar surface area (TPSA) is 60.8 Å². The normalized spacial score (nSPS) is 14.6. The fourth-order valence-corrected chi connectivity index (χ4v) is 2.11. The highest BCUT2D eigenvalue weighted by Gasteiger charge is 2.27. The van der Waals surface area contributed by atoms with Gasteiger partial charge in [-0.2, -0.15) is 5.06 Å². The van der Waals surface area contributed by atoms with Gasteiger partial charge in [-0.05, 0) is 39.3 Å². The van der Waals surface area contributed by atoms with Gasteiger partial charge in [0.15, 0.2) is 0 Å². The average molecular weight is 311 g/mol. The fraction of sp³-hybridized carbons (Fsp3) is 0.600. The molecule has 0 bridgehead atoms. The molecule has 1 atom stereocenters. The minimum atomic E-state index is -1.30. The van der Waals surface area contributed by atoms with Crippen molar-refractivity contribution in [1.82, 2.24) is 10.0 Å². The highest BCUT2D eigenvalue weighted by atomic mass is 32.2. The molecule has 0 saturated heterocycles. The van der Waals surface area contributed by atoms with Gasteiger partial charge in [-0.15, -0.1) is 0 Å². The van der Waals surface area contributed by atoms with Gasteiger partial charge in [-0.3, -0.25) is 4.98 Å². The Bertz CT molecular complexity index is 469. The quantitative estimate of drug-likeness (QED) is 0.460. The van der Waals surface area contributed by atoms with Gasteiger partial charge in [0.25, 0.3) is 0 Å². The summed E-state index contributed by atoms with van der Waals surface area (Å²) in [5.74, 6) is 0. The first-order valence-corrected chi connectivity index (χ1v) is 8.02. The van der Waals surface area contributed by atoms with E-state index in [0.29, 0.717) is 13.0 Å². The molecule has 0 fully saturated rings. The van der Waals surface area contributed by atoms with Gasteiger partial charge in [0.2, 0.25) is 0 Å². The molecule has 0 N–H and O–H groups in total. The first kappa shape index (κ1) is 18.1. The Balaban J connectivity index is 2.99. The third-order valence-electron chi connectivity index (χ3n) is 2.90. The largest absolute Gasteiger partial charge is 0.591 e. The zero-order valence-corrected chi connectivity index (χ0v) is 14.5. The predicted molar refractivity (Wildman–Crippen MR) is 87.7 cm³/mol. The van der Waals surface area contributed by atoms with Crippen LogP contribution in [0.15, 0.2) is 22.7 Å². The number of hydrogen-bond donors (Lipinski definition) is 0. The molecule has 0 aliphatic heterocycles. The van der Waals surface area contributed by atoms with Crippen LogP contribution in [0.2, 0.25) is 0 Å². The van der Waals surface area contributed by atoms with E-state index >= 15 is 0 Å². The van der Waals surface area contributed by atoms with E-state index < -0.39 is 11.4 Å². The van der Waals surface area contributed by atoms with Crippen LogP contribution in [0, 0.1) is 6.92 Å². The molecule has 1 unspecified atom stereocenters. The second-order valence-electron chi connectivity index (χ2n) is 5.90. The number of hydrogen-bond acceptors (Lipinski definition) is 5. The molecule has 0 saturated carbocycles. The summed E-state index contributed by atoms with van der Waals surface area (Å²) in [6.07, 6.45) is 2.42. The first-order valence-electron chi connectivity index (χ1n) is 6.92. The number of hydroxylamine groups is 2. The minimum absolute atomic E-state index is 0.386. The van der Waals surface area contributed by atoms with E-state index in [1.54, 1.807) is 18.4 Å². The van der Waals surface area contributed by atoms with Crippen molar-refractivity contribution in [3.63, 3.8) is 0 Å². The standard InChI is InChI=1S/C15H25N3O2S/c1-12-7-8-13(16-11-12)14(9-10-18(5)20-6)17-21(19)15(2,3)4/h7-8,11H,9-10H2,1-6H3. The summed E-state index contributed by atoms with van der Waals surface area (Å²) in [6, 6.07) is 3.90. The van der Waals surface area contributed by atoms with Crippen LogP contribution in [0.25, 0.3) is 0 Å². The second-order valence-corrected chi connectivity index (χ2v) is 7.81. The van der Waals surface area contributed by atoms with Crippen LogP contribution < -0.4 is 0 Å². The first-order chi connectivity index (χ1) is 9.74. The number of rotatable bonds is 6. The third-order valence-corrected chi connectivity index (χ3v) is 4.33. The lowest BCUT2D eigenvalue weighted by Crippen LogP contribution is -2.28. The second kappa shape index (κ2) is 7.89. The molecule has 5 nitrogen and oxygen atoms in total. The van der Waals surface area contributed by atoms with Crippen molar-refractivity contribution >= 4 is 17.1 Å². The van der Waals surface area contributed by atoms with Crippen molar-refractivity contribution in [2.24, 2.45) is 4.40 Å². The lowest BCUT2D eigenvalue weighted by molar-refractivity contribution is -0.106. The maximum Gasteiger partial charge on any atom is 0.144 e. The molecule has 0 spiro atoms. The van der Waals surface area contributed by atoms with Crippen molar-refractivity contribution in [3.05, 3.63) is 29.6 Å². The molecule has 0 aromatic carbocycles. The van der Waals surface area contributed by atoms with Crippen molar-refractivity contribution in [1.29, 1.82) is 0 Å². The van der Waals surface area contributed by atoms with Gasteiger partial charge in [0, 0.05) is 26.2 Å². The van der Waals surface area contributed by atoms with Crippen LogP contribution in [-0.4, -0.2) is 45.8 Å². The zero-order valence-electron chi connectivity index (χ0n) is 13.7. The van der Waals surface area contributed by atoms with E-state index in [4.69, 9.17) is 4.84 Å². The van der Waals surface area contributed by atoms with E-state index in [9.17, 15) is 4.55 Å². The molecule has 1 aromatic rings. The molecule has 6 heteroatoms. The van der Waals surface area contributed by atoms with Crippen molar-refractivity contribution in [2.45, 2.75) is 38.9 Å². The predicted octanol–water partition coefficient (Wildman–Crippen LogP) is 2.52. The van der Waals surface area contributed by atoms with Gasteiger partial charge in [0.05, 0.1) is 12.8 Å². The Kier molecular flexibility index (Phi) is 6.80. The van der Waals surface area contributed by atoms with Crippen LogP contribution in [0.1, 0.15) is 38.4 Å². The highest BCUT2D eigenvalue weighted by molar-refractivity contribution is 7.91. The maximum atomic E-state index is 12.3. The van der Waals surface area contributed by atoms with Crippen LogP contribution in [0.3, 0.4) is 0 Å². The van der Waals surface area contributed by atoms with Crippen molar-refractivity contribution in [2.75, 3.05) is 20.7 Å². The van der Waals surface area contributed by atoms with Crippen LogP contribution >= 0.6 is 0 Å². The van der Waals surface area contributed by atoms with E-state index in [2.05, 4.69) is 9.38 Å². The summed E-state index contributed by atoms with van der Waals surface area (Å²) in [5.41, 5.74) is 2.60. The van der Waals surface area contributed by atoms with Gasteiger partial charge < -0.3 is 9.39 Å². The fourth-order valence-electron chi connectivity index (χ4n) is 1.45. The van der Waals surface area contributed by atoms with E-state index in [0.717, 1.165) is 17.0 Å². The van der Waals surface area contributed by atoms with Crippen LogP contribution in [-0.2, 0) is 16.2 Å². The Hall–Kier alpha value is -0.950. The number of aromatic nitrogens is 1. The number of pyridine rings is 1. The molecule has 1 rings (SSSR count). The third kappa shape index (κ3) is 6.13. The monoisotopic (exact) mass is 311 g/mol. The average Bonchev–Trinajstić information content (AvgIpc) is 2.42. The van der Waals surface area contributed by atoms with Crippen LogP contribution in [0.4, 0.5) is 0 Å². The molecule has 0 aliphatic carbocycles. The van der Waals surface area contributed by atoms with Crippen LogP contribution in [0.5, 0.6) is 0 Å². The molecule has 0 radical (unpaired) electrons. The molecule has 0 aliphatic rings. The van der Waals surface area contributed by atoms with Crippen molar-refractivity contribution < 1.29 is 9.39 Å². The summed E-state index contributed by atoms with van der Waals surface area (Å²) >= 11 is -1.30. The molecular weight excluding hydrogens is 286 g/mol. The van der Waals surface area contributed by atoms with E-state index in [1.165, 1.54) is 0 Å². The van der Waals surface area contributed by atoms with Crippen molar-refractivity contribution in [3.8, 4) is 0 Å². The lowest BCUT2D eigenvalue weighted by Gasteiger charge is -2.20. The summed E-state index contributed by atoms with van der Waals surface area (Å²) in [7, 11) is 3.47. The molecule has 21 heavy (non-hydrogen) atoms. The summed E-state index contributed by atoms with van der Waals surface area (Å²) in [4.78, 5) is 9.50. The summed E-state index contributed by atoms with van der Waals surface area (Å²) in [5, 5.41) is 1.71. The van der Waals surface area contributed by atoms with E-state index in [1.807, 2.05) is 46.9 Å². The molecule has 1 aromatic heterocycles. The number of aryl methyl sites for hydroxylation is 1. The number of nitrogens with zero attached hydrogens (tertiary/aromatic N) is 3. The minimum Gasteiger partial charge on any atom is -0.591 e. The van der Waals surface area contributed by atoms with Gasteiger partial charge in [-0.25, -0.2) is 0 Å². The zero-order chi connectivity index (χ0) is 16.0. The molecular formula is C15H25N3O2S. The maximum absolute atomic E-state index is 12.3. The molecule has 0 amide bonds. The SMILES string of the molecule is CON(C)CCC(=N[S+]([O-])C(C)(C)C)c1ccc(C)cn1. The Morgan fingerprint density at radius 2 is 2.10 bits per heavy atom. The van der Waals surface area contributed by atoms with Gasteiger partial charge in [0.1, 0.15) is 21.8 Å². The smallest absolute Gasteiger partial charge is 0.144 e. The van der Waals surface area contributed by atoms with Gasteiger partial charge in [-0.1, -0.05) is 10.5 Å². The Morgan fingerprint density at radius 3 is 2.57 bits per heavy atom. The van der Waals surface area contributed by atoms with Gasteiger partial charge >= 0.3 is 0 Å². The Labute approximate surface area is 130 Å². The lowest BCUT2D eigenvalue weighted by atomic mass is 10.1. The summed E-state index contributed by atoms with van der Waals surface area (Å²) in [6.45, 7) is 8.38. The Morgan fingerprint density at radius 1 is 1.43 bits per heavy atom. The summed E-state index contributed by atoms with van der Waals surface area (Å²) < 4.78 is 16.3.